The second kappa shape index (κ2) is 6.63. The Hall–Kier alpha value is -2.24. The van der Waals surface area contributed by atoms with E-state index in [1.165, 1.54) is 0 Å². The van der Waals surface area contributed by atoms with Crippen LogP contribution in [0.3, 0.4) is 0 Å². The Bertz CT molecular complexity index is 579. The molecule has 0 aliphatic rings. The number of methoxy groups -OCH3 is 1. The van der Waals surface area contributed by atoms with E-state index in [1.54, 1.807) is 7.11 Å². The highest BCUT2D eigenvalue weighted by Gasteiger charge is 2.04. The van der Waals surface area contributed by atoms with Crippen LogP contribution in [0.15, 0.2) is 54.6 Å². The molecule has 0 spiro atoms. The molecule has 0 amide bonds. The van der Waals surface area contributed by atoms with Gasteiger partial charge in [-0.3, -0.25) is 0 Å². The molecule has 1 unspecified atom stereocenters. The van der Waals surface area contributed by atoms with Crippen molar-refractivity contribution in [3.8, 4) is 17.6 Å². The normalized spacial score (nSPS) is 11.3. The zero-order valence-corrected chi connectivity index (χ0v) is 10.8. The number of aliphatic hydroxyl groups is 1. The van der Waals surface area contributed by atoms with E-state index in [1.807, 2.05) is 54.6 Å². The van der Waals surface area contributed by atoms with E-state index in [9.17, 15) is 5.11 Å². The topological polar surface area (TPSA) is 29.5 Å². The minimum atomic E-state index is -0.552. The molecule has 19 heavy (non-hydrogen) atoms. The van der Waals surface area contributed by atoms with Gasteiger partial charge in [0.05, 0.1) is 18.8 Å². The van der Waals surface area contributed by atoms with Crippen molar-refractivity contribution in [2.75, 3.05) is 7.11 Å². The summed E-state index contributed by atoms with van der Waals surface area (Å²) >= 11 is 0. The average molecular weight is 252 g/mol. The van der Waals surface area contributed by atoms with Crippen LogP contribution in [0.1, 0.15) is 23.7 Å². The fourth-order valence-corrected chi connectivity index (χ4v) is 1.78. The van der Waals surface area contributed by atoms with Crippen LogP contribution in [-0.2, 0) is 0 Å². The van der Waals surface area contributed by atoms with Crippen LogP contribution in [0.4, 0.5) is 0 Å². The van der Waals surface area contributed by atoms with Crippen molar-refractivity contribution in [1.82, 2.24) is 0 Å². The van der Waals surface area contributed by atoms with Crippen LogP contribution < -0.4 is 4.74 Å². The quantitative estimate of drug-likeness (QED) is 0.850. The fourth-order valence-electron chi connectivity index (χ4n) is 1.78. The highest BCUT2D eigenvalue weighted by Crippen LogP contribution is 2.17. The summed E-state index contributed by atoms with van der Waals surface area (Å²) in [4.78, 5) is 0. The first-order valence-corrected chi connectivity index (χ1v) is 6.16. The molecule has 1 N–H and O–H groups in total. The van der Waals surface area contributed by atoms with E-state index in [4.69, 9.17) is 4.74 Å². The minimum absolute atomic E-state index is 0.405. The second-order valence-corrected chi connectivity index (χ2v) is 4.13. The Labute approximate surface area is 113 Å². The van der Waals surface area contributed by atoms with E-state index < -0.39 is 6.10 Å². The van der Waals surface area contributed by atoms with Crippen LogP contribution in [0, 0.1) is 11.8 Å². The first-order valence-electron chi connectivity index (χ1n) is 6.16. The summed E-state index contributed by atoms with van der Waals surface area (Å²) in [5.41, 5.74) is 1.72. The second-order valence-electron chi connectivity index (χ2n) is 4.13. The summed E-state index contributed by atoms with van der Waals surface area (Å²) in [6, 6.07) is 17.1. The molecule has 1 atom stereocenters. The molecular formula is C17H16O2. The van der Waals surface area contributed by atoms with Crippen LogP contribution in [0.5, 0.6) is 5.75 Å². The number of benzene rings is 2. The predicted octanol–water partition coefficient (Wildman–Crippen LogP) is 3.17. The highest BCUT2D eigenvalue weighted by atomic mass is 16.5. The van der Waals surface area contributed by atoms with Crippen LogP contribution >= 0.6 is 0 Å². The number of hydrogen-bond acceptors (Lipinski definition) is 2. The molecule has 0 radical (unpaired) electrons. The maximum absolute atomic E-state index is 9.99. The van der Waals surface area contributed by atoms with E-state index in [2.05, 4.69) is 11.8 Å². The van der Waals surface area contributed by atoms with Gasteiger partial charge in [-0.05, 0) is 17.7 Å². The predicted molar refractivity (Wildman–Crippen MR) is 75.9 cm³/mol. The highest BCUT2D eigenvalue weighted by molar-refractivity contribution is 5.45. The van der Waals surface area contributed by atoms with Crippen molar-refractivity contribution < 1.29 is 9.84 Å². The molecule has 0 aromatic heterocycles. The molecule has 0 saturated carbocycles. The third-order valence-corrected chi connectivity index (χ3v) is 2.81. The van der Waals surface area contributed by atoms with E-state index in [-0.39, 0.29) is 0 Å². The van der Waals surface area contributed by atoms with Crippen LogP contribution in [-0.4, -0.2) is 12.2 Å². The van der Waals surface area contributed by atoms with E-state index >= 15 is 0 Å². The number of hydrogen-bond donors (Lipinski definition) is 1. The largest absolute Gasteiger partial charge is 0.495 e. The summed E-state index contributed by atoms with van der Waals surface area (Å²) in [7, 11) is 1.62. The zero-order valence-electron chi connectivity index (χ0n) is 10.8. The molecule has 2 nitrogen and oxygen atoms in total. The molecule has 0 aliphatic carbocycles. The summed E-state index contributed by atoms with van der Waals surface area (Å²) in [6.07, 6.45) is -0.148. The maximum Gasteiger partial charge on any atom is 0.134 e. The fraction of sp³-hybridized carbons (Fsp3) is 0.176. The average Bonchev–Trinajstić information content (AvgIpc) is 2.48. The third-order valence-electron chi connectivity index (χ3n) is 2.81. The van der Waals surface area contributed by atoms with Gasteiger partial charge in [0.2, 0.25) is 0 Å². The lowest BCUT2D eigenvalue weighted by atomic mass is 10.1. The standard InChI is InChI=1S/C17H16O2/c1-19-17-13-6-5-10-15(17)11-7-12-16(18)14-8-3-2-4-9-14/h2-6,8-10,13,16,18H,12H2,1H3. The van der Waals surface area contributed by atoms with Gasteiger partial charge in [-0.1, -0.05) is 54.3 Å². The minimum Gasteiger partial charge on any atom is -0.495 e. The lowest BCUT2D eigenvalue weighted by Gasteiger charge is -2.06. The first-order chi connectivity index (χ1) is 9.31. The van der Waals surface area contributed by atoms with Gasteiger partial charge in [0, 0.05) is 6.42 Å². The summed E-state index contributed by atoms with van der Waals surface area (Å²) < 4.78 is 5.22. The maximum atomic E-state index is 9.99. The SMILES string of the molecule is COc1ccccc1C#CCC(O)c1ccccc1. The zero-order chi connectivity index (χ0) is 13.5. The van der Waals surface area contributed by atoms with E-state index in [0.29, 0.717) is 6.42 Å². The van der Waals surface area contributed by atoms with Gasteiger partial charge in [0.1, 0.15) is 5.75 Å². The molecule has 0 aliphatic heterocycles. The molecule has 96 valence electrons. The molecule has 0 heterocycles. The van der Waals surface area contributed by atoms with Crippen molar-refractivity contribution in [1.29, 1.82) is 0 Å². The third kappa shape index (κ3) is 3.61. The molecule has 0 saturated heterocycles. The van der Waals surface area contributed by atoms with Gasteiger partial charge >= 0.3 is 0 Å². The van der Waals surface area contributed by atoms with Crippen LogP contribution in [0.2, 0.25) is 0 Å². The van der Waals surface area contributed by atoms with Crippen molar-refractivity contribution in [3.63, 3.8) is 0 Å². The van der Waals surface area contributed by atoms with Gasteiger partial charge in [0.15, 0.2) is 0 Å². The van der Waals surface area contributed by atoms with Gasteiger partial charge in [-0.2, -0.15) is 0 Å². The molecule has 2 rings (SSSR count). The molecule has 2 heteroatoms. The van der Waals surface area contributed by atoms with Crippen molar-refractivity contribution in [3.05, 3.63) is 65.7 Å². The van der Waals surface area contributed by atoms with Crippen molar-refractivity contribution in [2.45, 2.75) is 12.5 Å². The molecule has 2 aromatic rings. The number of aliphatic hydroxyl groups excluding tert-OH is 1. The Morgan fingerprint density at radius 2 is 1.74 bits per heavy atom. The van der Waals surface area contributed by atoms with Crippen molar-refractivity contribution >= 4 is 0 Å². The monoisotopic (exact) mass is 252 g/mol. The van der Waals surface area contributed by atoms with Crippen LogP contribution in [0.25, 0.3) is 0 Å². The first kappa shape index (κ1) is 13.2. The lowest BCUT2D eigenvalue weighted by molar-refractivity contribution is 0.184. The summed E-state index contributed by atoms with van der Waals surface area (Å²) in [5.74, 6) is 6.78. The smallest absolute Gasteiger partial charge is 0.134 e. The Morgan fingerprint density at radius 1 is 1.05 bits per heavy atom. The van der Waals surface area contributed by atoms with Gasteiger partial charge in [-0.15, -0.1) is 0 Å². The summed E-state index contributed by atoms with van der Waals surface area (Å²) in [5, 5.41) is 9.99. The number of ether oxygens (including phenoxy) is 1. The van der Waals surface area contributed by atoms with E-state index in [0.717, 1.165) is 16.9 Å². The Balaban J connectivity index is 2.05. The van der Waals surface area contributed by atoms with Gasteiger partial charge < -0.3 is 9.84 Å². The number of para-hydroxylation sites is 1. The molecule has 2 aromatic carbocycles. The van der Waals surface area contributed by atoms with Gasteiger partial charge in [0.25, 0.3) is 0 Å². The molecule has 0 fully saturated rings. The van der Waals surface area contributed by atoms with Crippen molar-refractivity contribution in [2.24, 2.45) is 0 Å². The Kier molecular flexibility index (Phi) is 4.60. The Morgan fingerprint density at radius 3 is 2.47 bits per heavy atom. The summed E-state index contributed by atoms with van der Waals surface area (Å²) in [6.45, 7) is 0. The molecule has 0 bridgehead atoms. The van der Waals surface area contributed by atoms with Gasteiger partial charge in [-0.25, -0.2) is 0 Å². The number of rotatable bonds is 3. The molecular weight excluding hydrogens is 236 g/mol. The lowest BCUT2D eigenvalue weighted by Crippen LogP contribution is -1.95.